The van der Waals surface area contributed by atoms with Gasteiger partial charge in [-0.15, -0.1) is 287 Å². The van der Waals surface area contributed by atoms with Gasteiger partial charge in [-0.2, -0.15) is 0 Å². The van der Waals surface area contributed by atoms with Crippen LogP contribution in [-0.2, 0) is 102 Å². The quantitative estimate of drug-likeness (QED) is 0.139. The molecule has 12 aromatic carbocycles. The number of fused-ring (bicyclic) bond motifs is 12. The van der Waals surface area contributed by atoms with Crippen molar-refractivity contribution < 1.29 is 80.4 Å². The van der Waals surface area contributed by atoms with Crippen molar-refractivity contribution in [3.05, 3.63) is 529 Å². The van der Waals surface area contributed by atoms with Crippen LogP contribution in [-0.4, -0.2) is 39.9 Å². The Morgan fingerprint density at radius 3 is 0.850 bits per heavy atom. The van der Waals surface area contributed by atoms with Crippen LogP contribution in [0.4, 0.5) is 0 Å². The molecule has 0 saturated heterocycles. The molecule has 0 amide bonds. The molecule has 0 spiro atoms. The summed E-state index contributed by atoms with van der Waals surface area (Å²) in [7, 11) is 0. The van der Waals surface area contributed by atoms with Crippen molar-refractivity contribution in [3.8, 4) is 135 Å². The molecule has 4 aliphatic carbocycles. The molecule has 0 atom stereocenters. The zero-order chi connectivity index (χ0) is 94.2. The predicted octanol–water partition coefficient (Wildman–Crippen LogP) is 30.8. The average Bonchev–Trinajstić information content (AvgIpc) is 1.61. The van der Waals surface area contributed by atoms with Gasteiger partial charge in [0, 0.05) is 160 Å². The summed E-state index contributed by atoms with van der Waals surface area (Å²) in [5, 5.41) is 0. The van der Waals surface area contributed by atoms with Crippen LogP contribution in [0.2, 0.25) is 0 Å². The Hall–Kier alpha value is -13.6. The molecule has 0 N–H and O–H groups in total. The summed E-state index contributed by atoms with van der Waals surface area (Å²) in [4.78, 5) is 36.6. The van der Waals surface area contributed by atoms with Gasteiger partial charge in [-0.05, 0) is 176 Å². The van der Waals surface area contributed by atoms with Gasteiger partial charge in [-0.25, -0.2) is 0 Å². The number of hydrogen-bond acceptors (Lipinski definition) is 8. The van der Waals surface area contributed by atoms with E-state index in [-0.39, 0.29) is 102 Å². The van der Waals surface area contributed by atoms with E-state index in [0.29, 0.717) is 0 Å². The summed E-state index contributed by atoms with van der Waals surface area (Å²) in [6.07, 6.45) is 5.96. The third kappa shape index (κ3) is 23.6. The van der Waals surface area contributed by atoms with E-state index in [9.17, 15) is 0 Å². The van der Waals surface area contributed by atoms with E-state index in [4.69, 9.17) is 4.98 Å². The average molecular weight is 2520 g/mol. The Morgan fingerprint density at radius 2 is 0.486 bits per heavy atom. The largest absolute Gasteiger partial charge is 0.304 e. The van der Waals surface area contributed by atoms with Crippen LogP contribution in [0.3, 0.4) is 0 Å². The first-order valence-electron chi connectivity index (χ1n) is 46.1. The summed E-state index contributed by atoms with van der Waals surface area (Å²) in [6, 6.07) is 159. The molecule has 0 saturated carbocycles. The first-order valence-corrected chi connectivity index (χ1v) is 46.1. The Kier molecular flexibility index (Phi) is 35.1. The zero-order valence-corrected chi connectivity index (χ0v) is 89.8. The van der Waals surface area contributed by atoms with E-state index < -0.39 is 0 Å². The van der Waals surface area contributed by atoms with Crippen molar-refractivity contribution in [1.82, 2.24) is 39.9 Å². The molecule has 0 aliphatic heterocycles. The summed E-state index contributed by atoms with van der Waals surface area (Å²) >= 11 is 0. The summed E-state index contributed by atoms with van der Waals surface area (Å²) in [5.74, 6) is 0. The van der Waals surface area contributed by atoms with Crippen molar-refractivity contribution in [1.29, 1.82) is 0 Å². The SMILES string of the molecule is CC1(C)c2ccccc2-c2cc(-c3[c-]cccc3)ncc21.CC1(C)c2ccccc2-c2ccc(-c3[c-]cccc3)nc21.CC1(C)c2ccccc2-c2ccnc(-c3[c-]cccc3)c21.CC1(C)c2ccccc2-c2cnc(-c3[c-]cccc3)cc21.Cc1cccc(-c2[c-]cccc2)n1.Cc1cccc(-c2[c-]cccc2)n1.Cc1cccc(-c2[c-]cccc2)n1.Cc1cccc(-c2[c-]cccc2)n1.[Ir].[Ir].[Ir].[Ir]. The van der Waals surface area contributed by atoms with E-state index in [1.807, 2.05) is 289 Å². The fraction of sp³-hybridized carbons (Fsp3) is 0.125. The third-order valence-electron chi connectivity index (χ3n) is 25.2. The van der Waals surface area contributed by atoms with Gasteiger partial charge in [0.15, 0.2) is 0 Å². The topological polar surface area (TPSA) is 103 Å². The second kappa shape index (κ2) is 47.4. The fourth-order valence-electron chi connectivity index (χ4n) is 18.3. The van der Waals surface area contributed by atoms with Gasteiger partial charge in [0.25, 0.3) is 0 Å². The number of benzene rings is 12. The predicted molar refractivity (Wildman–Crippen MR) is 557 cm³/mol. The van der Waals surface area contributed by atoms with Gasteiger partial charge in [-0.3, -0.25) is 4.98 Å². The minimum absolute atomic E-state index is 0. The molecule has 20 aromatic rings. The molecule has 0 bridgehead atoms. The molecule has 140 heavy (non-hydrogen) atoms. The van der Waals surface area contributed by atoms with Gasteiger partial charge >= 0.3 is 0 Å². The minimum atomic E-state index is -0.0449. The van der Waals surface area contributed by atoms with Crippen LogP contribution >= 0.6 is 0 Å². The molecule has 4 aliphatic rings. The van der Waals surface area contributed by atoms with Crippen LogP contribution in [0, 0.1) is 76.2 Å². The van der Waals surface area contributed by atoms with Crippen LogP contribution < -0.4 is 0 Å². The molecule has 8 heterocycles. The molecular weight excluding hydrogens is 2420 g/mol. The second-order valence-electron chi connectivity index (χ2n) is 36.0. The molecule has 24 rings (SSSR count). The van der Waals surface area contributed by atoms with E-state index in [0.717, 1.165) is 113 Å². The number of nitrogens with zero attached hydrogens (tertiary/aromatic N) is 8. The minimum Gasteiger partial charge on any atom is -0.304 e. The van der Waals surface area contributed by atoms with Crippen molar-refractivity contribution in [2.24, 2.45) is 0 Å². The Balaban J connectivity index is 0.000000135. The maximum Gasteiger partial charge on any atom is 0.0475 e. The zero-order valence-electron chi connectivity index (χ0n) is 80.2. The second-order valence-corrected chi connectivity index (χ2v) is 36.0. The molecule has 8 nitrogen and oxygen atoms in total. The van der Waals surface area contributed by atoms with Gasteiger partial charge in [0.05, 0.1) is 0 Å². The number of pyridine rings is 8. The number of aryl methyl sites for hydroxylation is 4. The van der Waals surface area contributed by atoms with Crippen LogP contribution in [0.1, 0.15) is 123 Å². The molecule has 0 fully saturated rings. The van der Waals surface area contributed by atoms with Gasteiger partial charge in [-0.1, -0.05) is 225 Å². The summed E-state index contributed by atoms with van der Waals surface area (Å²) in [5.41, 5.74) is 41.6. The van der Waals surface area contributed by atoms with Gasteiger partial charge in [0.2, 0.25) is 0 Å². The van der Waals surface area contributed by atoms with Gasteiger partial charge in [0.1, 0.15) is 0 Å². The fourth-order valence-corrected chi connectivity index (χ4v) is 18.3. The Bertz CT molecular complexity index is 7020. The number of rotatable bonds is 8. The van der Waals surface area contributed by atoms with Gasteiger partial charge < -0.3 is 34.9 Å². The van der Waals surface area contributed by atoms with Crippen molar-refractivity contribution in [3.63, 3.8) is 0 Å². The summed E-state index contributed by atoms with van der Waals surface area (Å²) in [6.45, 7) is 26.2. The first kappa shape index (κ1) is 104. The number of aromatic nitrogens is 8. The first-order chi connectivity index (χ1) is 66.2. The van der Waals surface area contributed by atoms with E-state index in [1.165, 1.54) is 89.1 Å². The molecule has 12 heteroatoms. The van der Waals surface area contributed by atoms with Crippen molar-refractivity contribution in [2.45, 2.75) is 105 Å². The molecule has 700 valence electrons. The molecule has 4 radical (unpaired) electrons. The standard InChI is InChI=1S/4C20H16N.4C12H10N.4Ir/c1-20(2)17-11-7-6-10-15(17)16-13-21-19(12-18(16)20)14-8-4-3-5-9-14;1-20(2)17-11-7-6-10-15(17)16-12-19(21-13-18(16)20)14-8-4-3-5-9-14;1-20(2)17-11-7-6-10-15(17)16-12-13-21-19(18(16)20)14-8-4-3-5-9-14;1-20(2)17-11-7-6-10-15(17)16-12-13-18(21-19(16)20)14-8-4-3-5-9-14;4*1-10-6-5-9-12(13-10)11-7-3-2-4-8-11;;;;/h4*3-8,10-13H,1-2H3;4*2-7,9H,1H3;;;;/q8*-1;;;;. The molecule has 0 unspecified atom stereocenters. The van der Waals surface area contributed by atoms with E-state index in [2.05, 4.69) is 290 Å². The summed E-state index contributed by atoms with van der Waals surface area (Å²) < 4.78 is 0. The molecule has 8 aromatic heterocycles. The third-order valence-corrected chi connectivity index (χ3v) is 25.2. The van der Waals surface area contributed by atoms with Crippen molar-refractivity contribution in [2.75, 3.05) is 0 Å². The monoisotopic (exact) mass is 2520 g/mol. The molecular formula is C128H104Ir4N8-8. The van der Waals surface area contributed by atoms with E-state index >= 15 is 0 Å². The van der Waals surface area contributed by atoms with Crippen LogP contribution in [0.25, 0.3) is 135 Å². The van der Waals surface area contributed by atoms with Crippen molar-refractivity contribution >= 4 is 0 Å². The maximum atomic E-state index is 4.96. The Morgan fingerprint density at radius 1 is 0.193 bits per heavy atom. The number of hydrogen-bond donors (Lipinski definition) is 0. The maximum absolute atomic E-state index is 4.96. The van der Waals surface area contributed by atoms with Crippen LogP contribution in [0.5, 0.6) is 0 Å². The van der Waals surface area contributed by atoms with E-state index in [1.54, 1.807) is 0 Å². The Labute approximate surface area is 880 Å². The normalized spacial score (nSPS) is 12.4. The van der Waals surface area contributed by atoms with Crippen LogP contribution in [0.15, 0.2) is 413 Å². The smallest absolute Gasteiger partial charge is 0.0475 e.